The minimum atomic E-state index is 1.25. The first-order valence-electron chi connectivity index (χ1n) is 6.54. The fraction of sp³-hybridized carbons (Fsp3) is 0.529. The molecule has 0 fully saturated rings. The van der Waals surface area contributed by atoms with Gasteiger partial charge in [0.05, 0.1) is 0 Å². The zero-order chi connectivity index (χ0) is 15.5. The molecule has 0 aliphatic heterocycles. The molecule has 106 valence electrons. The molecule has 0 aromatic rings. The highest BCUT2D eigenvalue weighted by Crippen LogP contribution is 1.56. The molecular weight excluding hydrogens is 204 g/mol. The Morgan fingerprint density at radius 1 is 0.647 bits per heavy atom. The highest BCUT2D eigenvalue weighted by molar-refractivity contribution is 4.88. The van der Waals surface area contributed by atoms with Crippen molar-refractivity contribution in [1.29, 1.82) is 0 Å². The second kappa shape index (κ2) is 186. The molecule has 0 heteroatoms. The van der Waals surface area contributed by atoms with Gasteiger partial charge in [0, 0.05) is 0 Å². The third kappa shape index (κ3) is 1570000. The molecule has 0 saturated carbocycles. The maximum atomic E-state index is 3.36. The van der Waals surface area contributed by atoms with Gasteiger partial charge in [-0.3, -0.25) is 0 Å². The Labute approximate surface area is 113 Å². The number of rotatable bonds is 1. The largest absolute Gasteiger partial charge is 0.103 e. The van der Waals surface area contributed by atoms with E-state index in [2.05, 4.69) is 40.2 Å². The van der Waals surface area contributed by atoms with Gasteiger partial charge in [-0.2, -0.15) is 0 Å². The van der Waals surface area contributed by atoms with Crippen LogP contribution in [-0.2, 0) is 0 Å². The minimum absolute atomic E-state index is 1.25. The van der Waals surface area contributed by atoms with Crippen LogP contribution in [0.5, 0.6) is 0 Å². The van der Waals surface area contributed by atoms with Crippen molar-refractivity contribution in [1.82, 2.24) is 0 Å². The highest BCUT2D eigenvalue weighted by Gasteiger charge is 1.35. The van der Waals surface area contributed by atoms with Crippen molar-refractivity contribution >= 4 is 0 Å². The smallest absolute Gasteiger partial charge is 0.0473 e. The molecule has 0 N–H and O–H groups in total. The average molecular weight is 242 g/mol. The van der Waals surface area contributed by atoms with Gasteiger partial charge >= 0.3 is 0 Å². The lowest BCUT2D eigenvalue weighted by Gasteiger charge is -1.48. The lowest BCUT2D eigenvalue weighted by atomic mass is 10.6. The molecule has 17 heavy (non-hydrogen) atoms. The van der Waals surface area contributed by atoms with E-state index in [1.807, 2.05) is 41.5 Å². The molecule has 0 nitrogen and oxygen atoms in total. The Hall–Kier alpha value is -1.04. The second-order valence-corrected chi connectivity index (χ2v) is 2.00. The molecule has 0 bridgehead atoms. The quantitative estimate of drug-likeness (QED) is 0.336. The van der Waals surface area contributed by atoms with Crippen LogP contribution in [0.15, 0.2) is 50.6 Å². The van der Waals surface area contributed by atoms with Crippen LogP contribution in [0.1, 0.15) is 61.8 Å². The van der Waals surface area contributed by atoms with Crippen LogP contribution in [0.25, 0.3) is 0 Å². The van der Waals surface area contributed by atoms with Gasteiger partial charge in [-0.25, -0.2) is 0 Å². The van der Waals surface area contributed by atoms with Crippen LogP contribution >= 0.6 is 0 Å². The molecule has 0 aliphatic rings. The molecule has 0 aliphatic carbocycles. The number of hydrogen-bond donors (Lipinski definition) is 0. The first-order valence-corrected chi connectivity index (χ1v) is 6.54. The van der Waals surface area contributed by atoms with Crippen LogP contribution in [0.3, 0.4) is 0 Å². The van der Waals surface area contributed by atoms with Gasteiger partial charge in [-0.1, -0.05) is 85.4 Å². The van der Waals surface area contributed by atoms with E-state index >= 15 is 0 Å². The Balaban J connectivity index is -0.0000000218. The molecule has 0 rings (SSSR count). The van der Waals surface area contributed by atoms with Crippen molar-refractivity contribution < 1.29 is 0 Å². The van der Waals surface area contributed by atoms with E-state index < -0.39 is 0 Å². The van der Waals surface area contributed by atoms with Gasteiger partial charge in [-0.05, 0) is 13.8 Å². The Morgan fingerprint density at radius 3 is 0.706 bits per heavy atom. The van der Waals surface area contributed by atoms with Crippen molar-refractivity contribution in [3.63, 3.8) is 0 Å². The van der Waals surface area contributed by atoms with Crippen LogP contribution in [0.4, 0.5) is 0 Å². The summed E-state index contributed by atoms with van der Waals surface area (Å²) in [5.74, 6) is 0. The number of allylic oxidation sites excluding steroid dienone is 4. The summed E-state index contributed by atoms with van der Waals surface area (Å²) in [4.78, 5) is 0. The first kappa shape index (κ1) is 36.0. The first-order chi connectivity index (χ1) is 8.16. The van der Waals surface area contributed by atoms with E-state index in [0.717, 1.165) is 0 Å². The fourth-order valence-corrected chi connectivity index (χ4v) is 0. The number of hydrogen-bond acceptors (Lipinski definition) is 0. The topological polar surface area (TPSA) is 0 Å². The molecular formula is C17H38. The highest BCUT2D eigenvalue weighted by atomic mass is 13.4. The van der Waals surface area contributed by atoms with Crippen molar-refractivity contribution in [2.24, 2.45) is 0 Å². The van der Waals surface area contributed by atoms with Crippen molar-refractivity contribution in [3.8, 4) is 0 Å². The van der Waals surface area contributed by atoms with E-state index in [1.54, 1.807) is 24.3 Å². The lowest BCUT2D eigenvalue weighted by molar-refractivity contribution is 1.09. The Morgan fingerprint density at radius 2 is 0.706 bits per heavy atom. The van der Waals surface area contributed by atoms with E-state index in [4.69, 9.17) is 0 Å². The van der Waals surface area contributed by atoms with E-state index in [1.165, 1.54) is 6.42 Å². The van der Waals surface area contributed by atoms with Crippen molar-refractivity contribution in [2.75, 3.05) is 0 Å². The predicted molar refractivity (Wildman–Crippen MR) is 90.8 cm³/mol. The normalized spacial score (nSPS) is 4.47. The summed E-state index contributed by atoms with van der Waals surface area (Å²) in [6.07, 6.45) is 8.03. The summed E-state index contributed by atoms with van der Waals surface area (Å²) >= 11 is 0. The Kier molecular flexibility index (Phi) is 394. The molecule has 0 aromatic heterocycles. The van der Waals surface area contributed by atoms with Crippen LogP contribution in [0.2, 0.25) is 0 Å². The molecule has 0 spiro atoms. The second-order valence-electron chi connectivity index (χ2n) is 2.00. The third-order valence-corrected chi connectivity index (χ3v) is 0.167. The van der Waals surface area contributed by atoms with Gasteiger partial charge in [0.1, 0.15) is 0 Å². The van der Waals surface area contributed by atoms with E-state index in [0.29, 0.717) is 0 Å². The van der Waals surface area contributed by atoms with Gasteiger partial charge < -0.3 is 0 Å². The molecule has 0 heterocycles. The summed E-state index contributed by atoms with van der Waals surface area (Å²) in [6.45, 7) is 29.5. The van der Waals surface area contributed by atoms with Crippen molar-refractivity contribution in [3.05, 3.63) is 50.6 Å². The molecule has 0 amide bonds. The van der Waals surface area contributed by atoms with Gasteiger partial charge in [0.2, 0.25) is 0 Å². The summed E-state index contributed by atoms with van der Waals surface area (Å²) in [6, 6.07) is 0. The third-order valence-electron chi connectivity index (χ3n) is 0.167. The molecule has 0 unspecified atom stereocenters. The zero-order valence-electron chi connectivity index (χ0n) is 13.8. The van der Waals surface area contributed by atoms with Gasteiger partial charge in [-0.15, -0.1) is 13.2 Å². The average Bonchev–Trinajstić information content (AvgIpc) is 2.37. The van der Waals surface area contributed by atoms with E-state index in [-0.39, 0.29) is 0 Å². The molecule has 0 atom stereocenters. The SMILES string of the molecule is C=CC.C=CC.C=CC=C.CC.CC.CCC. The predicted octanol–water partition coefficient (Wildman–Crippen LogP) is 7.21. The van der Waals surface area contributed by atoms with Gasteiger partial charge in [0.25, 0.3) is 0 Å². The fourth-order valence-electron chi connectivity index (χ4n) is 0. The Bertz CT molecular complexity index is 76.2. The van der Waals surface area contributed by atoms with Crippen LogP contribution in [0, 0.1) is 0 Å². The molecule has 0 aromatic carbocycles. The summed E-state index contributed by atoms with van der Waals surface area (Å²) in [5, 5.41) is 0. The maximum Gasteiger partial charge on any atom is -0.0473 e. The van der Waals surface area contributed by atoms with E-state index in [9.17, 15) is 0 Å². The lowest BCUT2D eigenvalue weighted by Crippen LogP contribution is -1.27. The summed E-state index contributed by atoms with van der Waals surface area (Å²) in [5.41, 5.74) is 0. The summed E-state index contributed by atoms with van der Waals surface area (Å²) in [7, 11) is 0. The minimum Gasteiger partial charge on any atom is -0.103 e. The van der Waals surface area contributed by atoms with Crippen LogP contribution < -0.4 is 0 Å². The zero-order valence-corrected chi connectivity index (χ0v) is 13.8. The molecule has 0 saturated heterocycles. The standard InChI is InChI=1S/C4H6.C3H8.2C3H6.2C2H6/c1-3-4-2;3*1-3-2;2*1-2/h3-4H,1-2H2;3H2,1-2H3;2*3H,1H2,2H3;2*1-2H3. The van der Waals surface area contributed by atoms with Crippen molar-refractivity contribution in [2.45, 2.75) is 61.8 Å². The molecule has 0 radical (unpaired) electrons. The maximum absolute atomic E-state index is 3.36. The van der Waals surface area contributed by atoms with Gasteiger partial charge in [0.15, 0.2) is 0 Å². The summed E-state index contributed by atoms with van der Waals surface area (Å²) < 4.78 is 0. The van der Waals surface area contributed by atoms with Crippen LogP contribution in [-0.4, -0.2) is 0 Å². The monoisotopic (exact) mass is 242 g/mol.